The predicted molar refractivity (Wildman–Crippen MR) is 123 cm³/mol. The van der Waals surface area contributed by atoms with Crippen LogP contribution in [0.25, 0.3) is 11.3 Å². The number of sulfonamides is 1. The zero-order chi connectivity index (χ0) is 23.4. The highest BCUT2D eigenvalue weighted by atomic mass is 35.5. The Morgan fingerprint density at radius 2 is 1.67 bits per heavy atom. The number of aromatic amines is 1. The topological polar surface area (TPSA) is 124 Å². The van der Waals surface area contributed by atoms with Gasteiger partial charge in [-0.15, -0.1) is 0 Å². The zero-order valence-corrected chi connectivity index (χ0v) is 19.1. The molecule has 0 saturated carbocycles. The number of rotatable bonds is 5. The van der Waals surface area contributed by atoms with E-state index in [1.54, 1.807) is 6.07 Å². The first-order valence-corrected chi connectivity index (χ1v) is 12.1. The van der Waals surface area contributed by atoms with Crippen LogP contribution in [0.3, 0.4) is 0 Å². The lowest BCUT2D eigenvalue weighted by Crippen LogP contribution is -2.48. The Hall–Kier alpha value is -3.21. The number of amides is 2. The van der Waals surface area contributed by atoms with E-state index in [-0.39, 0.29) is 29.6 Å². The van der Waals surface area contributed by atoms with Gasteiger partial charge in [0.25, 0.3) is 5.91 Å². The molecule has 1 fully saturated rings. The number of hydrogen-bond donors (Lipinski definition) is 3. The van der Waals surface area contributed by atoms with Crippen molar-refractivity contribution in [3.63, 3.8) is 0 Å². The van der Waals surface area contributed by atoms with Gasteiger partial charge in [-0.1, -0.05) is 41.9 Å². The van der Waals surface area contributed by atoms with Gasteiger partial charge in [0.2, 0.25) is 15.9 Å². The van der Waals surface area contributed by atoms with E-state index in [2.05, 4.69) is 21.0 Å². The van der Waals surface area contributed by atoms with Crippen molar-refractivity contribution in [2.24, 2.45) is 5.92 Å². The lowest BCUT2D eigenvalue weighted by Gasteiger charge is -2.30. The molecule has 3 aromatic rings. The molecule has 11 heteroatoms. The van der Waals surface area contributed by atoms with Crippen LogP contribution in [0.2, 0.25) is 5.02 Å². The van der Waals surface area contributed by atoms with Gasteiger partial charge in [0.15, 0.2) is 0 Å². The molecular weight excluding hydrogens is 466 g/mol. The number of hydrogen-bond acceptors (Lipinski definition) is 5. The number of carbonyl (C=O) groups excluding carboxylic acids is 2. The van der Waals surface area contributed by atoms with Crippen LogP contribution in [0, 0.1) is 5.92 Å². The van der Waals surface area contributed by atoms with E-state index in [4.69, 9.17) is 11.6 Å². The van der Waals surface area contributed by atoms with Crippen molar-refractivity contribution in [1.82, 2.24) is 25.4 Å². The summed E-state index contributed by atoms with van der Waals surface area (Å²) in [4.78, 5) is 25.0. The first kappa shape index (κ1) is 23.0. The summed E-state index contributed by atoms with van der Waals surface area (Å²) >= 11 is 5.83. The third kappa shape index (κ3) is 5.24. The maximum Gasteiger partial charge on any atom is 0.287 e. The van der Waals surface area contributed by atoms with Crippen LogP contribution < -0.4 is 10.9 Å². The average Bonchev–Trinajstić information content (AvgIpc) is 3.34. The van der Waals surface area contributed by atoms with E-state index in [1.165, 1.54) is 28.6 Å². The van der Waals surface area contributed by atoms with Crippen LogP contribution >= 0.6 is 11.6 Å². The van der Waals surface area contributed by atoms with Crippen LogP contribution in [-0.4, -0.2) is 47.8 Å². The Balaban J connectivity index is 1.28. The number of H-pyrrole nitrogens is 1. The van der Waals surface area contributed by atoms with Gasteiger partial charge in [-0.25, -0.2) is 8.42 Å². The normalized spacial score (nSPS) is 15.2. The van der Waals surface area contributed by atoms with E-state index in [0.717, 1.165) is 5.56 Å². The van der Waals surface area contributed by atoms with Crippen LogP contribution in [0.1, 0.15) is 23.3 Å². The van der Waals surface area contributed by atoms with Crippen molar-refractivity contribution >= 4 is 33.4 Å². The van der Waals surface area contributed by atoms with Gasteiger partial charge in [0.1, 0.15) is 5.69 Å². The van der Waals surface area contributed by atoms with Crippen LogP contribution in [-0.2, 0) is 14.8 Å². The second kappa shape index (κ2) is 9.74. The SMILES string of the molecule is O=C(NNC(=O)C1CCN(S(=O)(=O)c2ccc(Cl)cc2)CC1)c1cc(-c2ccccc2)n[nH]1. The van der Waals surface area contributed by atoms with Gasteiger partial charge >= 0.3 is 0 Å². The summed E-state index contributed by atoms with van der Waals surface area (Å²) < 4.78 is 26.9. The van der Waals surface area contributed by atoms with E-state index in [9.17, 15) is 18.0 Å². The van der Waals surface area contributed by atoms with Gasteiger partial charge in [-0.2, -0.15) is 9.40 Å². The molecule has 4 rings (SSSR count). The first-order chi connectivity index (χ1) is 15.8. The maximum atomic E-state index is 12.8. The van der Waals surface area contributed by atoms with Gasteiger partial charge in [-0.05, 0) is 43.2 Å². The molecule has 33 heavy (non-hydrogen) atoms. The molecule has 0 spiro atoms. The molecule has 0 unspecified atom stereocenters. The number of piperidine rings is 1. The largest absolute Gasteiger partial charge is 0.287 e. The fourth-order valence-electron chi connectivity index (χ4n) is 3.60. The fourth-order valence-corrected chi connectivity index (χ4v) is 5.19. The highest BCUT2D eigenvalue weighted by Gasteiger charge is 2.32. The molecule has 3 N–H and O–H groups in total. The molecule has 0 radical (unpaired) electrons. The number of aromatic nitrogens is 2. The summed E-state index contributed by atoms with van der Waals surface area (Å²) in [5, 5.41) is 7.23. The number of halogens is 1. The zero-order valence-electron chi connectivity index (χ0n) is 17.5. The van der Waals surface area contributed by atoms with E-state index in [0.29, 0.717) is 23.6 Å². The summed E-state index contributed by atoms with van der Waals surface area (Å²) in [7, 11) is -3.65. The number of hydrazine groups is 1. The molecule has 0 atom stereocenters. The predicted octanol–water partition coefficient (Wildman–Crippen LogP) is 2.59. The fraction of sp³-hybridized carbons (Fsp3) is 0.227. The molecule has 2 amide bonds. The van der Waals surface area contributed by atoms with Crippen LogP contribution in [0.15, 0.2) is 65.6 Å². The van der Waals surface area contributed by atoms with Crippen molar-refractivity contribution in [2.45, 2.75) is 17.7 Å². The molecule has 1 aliphatic rings. The Bertz CT molecular complexity index is 1240. The highest BCUT2D eigenvalue weighted by molar-refractivity contribution is 7.89. The molecular formula is C22H22ClN5O4S. The Morgan fingerprint density at radius 3 is 2.33 bits per heavy atom. The summed E-state index contributed by atoms with van der Waals surface area (Å²) in [6, 6.07) is 17.0. The molecule has 1 saturated heterocycles. The molecule has 2 heterocycles. The van der Waals surface area contributed by atoms with Gasteiger partial charge in [-0.3, -0.25) is 25.5 Å². The monoisotopic (exact) mass is 487 g/mol. The third-order valence-corrected chi connectivity index (χ3v) is 7.63. The Morgan fingerprint density at radius 1 is 1.00 bits per heavy atom. The second-order valence-corrected chi connectivity index (χ2v) is 9.98. The summed E-state index contributed by atoms with van der Waals surface area (Å²) in [6.07, 6.45) is 0.688. The smallest absolute Gasteiger partial charge is 0.273 e. The number of carbonyl (C=O) groups is 2. The standard InChI is InChI=1S/C22H22ClN5O4S/c23-17-6-8-18(9-7-17)33(31,32)28-12-10-16(11-13-28)21(29)26-27-22(30)20-14-19(24-25-20)15-4-2-1-3-5-15/h1-9,14,16H,10-13H2,(H,24,25)(H,26,29)(H,27,30). The maximum absolute atomic E-state index is 12.8. The lowest BCUT2D eigenvalue weighted by molar-refractivity contribution is -0.126. The number of benzene rings is 2. The van der Waals surface area contributed by atoms with Crippen molar-refractivity contribution in [3.8, 4) is 11.3 Å². The first-order valence-electron chi connectivity index (χ1n) is 10.3. The summed E-state index contributed by atoms with van der Waals surface area (Å²) in [5.41, 5.74) is 6.48. The Kier molecular flexibility index (Phi) is 6.77. The molecule has 9 nitrogen and oxygen atoms in total. The van der Waals surface area contributed by atoms with E-state index < -0.39 is 21.8 Å². The average molecular weight is 488 g/mol. The van der Waals surface area contributed by atoms with Gasteiger partial charge in [0.05, 0.1) is 10.6 Å². The van der Waals surface area contributed by atoms with Gasteiger partial charge < -0.3 is 0 Å². The quantitative estimate of drug-likeness (QED) is 0.477. The van der Waals surface area contributed by atoms with Crippen molar-refractivity contribution in [2.75, 3.05) is 13.1 Å². The lowest BCUT2D eigenvalue weighted by atomic mass is 9.98. The number of nitrogens with zero attached hydrogens (tertiary/aromatic N) is 2. The second-order valence-electron chi connectivity index (χ2n) is 7.61. The van der Waals surface area contributed by atoms with Crippen molar-refractivity contribution in [3.05, 3.63) is 71.4 Å². The molecule has 1 aromatic heterocycles. The van der Waals surface area contributed by atoms with Crippen molar-refractivity contribution in [1.29, 1.82) is 0 Å². The van der Waals surface area contributed by atoms with Gasteiger partial charge in [0, 0.05) is 29.6 Å². The van der Waals surface area contributed by atoms with E-state index in [1.807, 2.05) is 30.3 Å². The molecule has 2 aromatic carbocycles. The number of nitrogens with one attached hydrogen (secondary N) is 3. The minimum Gasteiger partial charge on any atom is -0.273 e. The van der Waals surface area contributed by atoms with Crippen LogP contribution in [0.4, 0.5) is 0 Å². The third-order valence-electron chi connectivity index (χ3n) is 5.47. The molecule has 172 valence electrons. The van der Waals surface area contributed by atoms with E-state index >= 15 is 0 Å². The van der Waals surface area contributed by atoms with Crippen molar-refractivity contribution < 1.29 is 18.0 Å². The summed E-state index contributed by atoms with van der Waals surface area (Å²) in [6.45, 7) is 0.413. The summed E-state index contributed by atoms with van der Waals surface area (Å²) in [5.74, 6) is -1.31. The highest BCUT2D eigenvalue weighted by Crippen LogP contribution is 2.25. The van der Waals surface area contributed by atoms with Crippen LogP contribution in [0.5, 0.6) is 0 Å². The molecule has 0 bridgehead atoms. The molecule has 1 aliphatic heterocycles. The molecule has 0 aliphatic carbocycles. The minimum atomic E-state index is -3.65. The minimum absolute atomic E-state index is 0.163. The Labute approximate surface area is 196 Å².